The van der Waals surface area contributed by atoms with Gasteiger partial charge in [0, 0.05) is 33.2 Å². The van der Waals surface area contributed by atoms with Crippen LogP contribution >= 0.6 is 0 Å². The SMILES string of the molecule is CC1(C)c2ccccc2-c2ccc(N(c3ccc4c(c3)-c3ccccc3C43C4CC5CC6CC3C6(C5)C4)c3cccc4c3-c3ccccc3C4(C)C)cc21. The van der Waals surface area contributed by atoms with Gasteiger partial charge in [-0.2, -0.15) is 0 Å². The van der Waals surface area contributed by atoms with E-state index in [1.807, 2.05) is 0 Å². The van der Waals surface area contributed by atoms with E-state index in [4.69, 9.17) is 0 Å². The minimum atomic E-state index is -0.0795. The first-order valence-corrected chi connectivity index (χ1v) is 20.8. The van der Waals surface area contributed by atoms with Crippen LogP contribution in [0.15, 0.2) is 127 Å². The second-order valence-corrected chi connectivity index (χ2v) is 19.4. The minimum absolute atomic E-state index is 0.0713. The Balaban J connectivity index is 1.06. The highest BCUT2D eigenvalue weighted by Crippen LogP contribution is 2.83. The lowest BCUT2D eigenvalue weighted by Crippen LogP contribution is -2.50. The average Bonchev–Trinajstić information content (AvgIpc) is 3.81. The van der Waals surface area contributed by atoms with Gasteiger partial charge in [0.25, 0.3) is 0 Å². The van der Waals surface area contributed by atoms with Crippen molar-refractivity contribution >= 4 is 17.1 Å². The van der Waals surface area contributed by atoms with Gasteiger partial charge in [-0.15, -0.1) is 0 Å². The molecule has 7 aliphatic carbocycles. The molecule has 6 unspecified atom stereocenters. The molecule has 2 spiro atoms. The Morgan fingerprint density at radius 2 is 1.06 bits per heavy atom. The van der Waals surface area contributed by atoms with Crippen LogP contribution < -0.4 is 4.90 Å². The number of benzene rings is 6. The second kappa shape index (κ2) is 9.67. The molecule has 264 valence electrons. The number of hydrogen-bond donors (Lipinski definition) is 0. The molecule has 3 bridgehead atoms. The number of nitrogens with zero attached hydrogens (tertiary/aromatic N) is 1. The molecule has 0 saturated heterocycles. The first-order chi connectivity index (χ1) is 26.2. The maximum Gasteiger partial charge on any atom is 0.0543 e. The van der Waals surface area contributed by atoms with E-state index in [0.717, 1.165) is 23.7 Å². The lowest BCUT2D eigenvalue weighted by Gasteiger charge is -2.54. The zero-order valence-electron chi connectivity index (χ0n) is 31.9. The van der Waals surface area contributed by atoms with Gasteiger partial charge in [0.1, 0.15) is 0 Å². The summed E-state index contributed by atoms with van der Waals surface area (Å²) < 4.78 is 0. The van der Waals surface area contributed by atoms with Gasteiger partial charge >= 0.3 is 0 Å². The summed E-state index contributed by atoms with van der Waals surface area (Å²) in [7, 11) is 0. The highest BCUT2D eigenvalue weighted by Gasteiger charge is 2.76. The third-order valence-electron chi connectivity index (χ3n) is 16.8. The smallest absolute Gasteiger partial charge is 0.0543 e. The van der Waals surface area contributed by atoms with Crippen LogP contribution in [0.25, 0.3) is 33.4 Å². The van der Waals surface area contributed by atoms with E-state index < -0.39 is 0 Å². The molecule has 0 N–H and O–H groups in total. The van der Waals surface area contributed by atoms with Crippen LogP contribution in [-0.2, 0) is 16.2 Å². The third kappa shape index (κ3) is 3.31. The van der Waals surface area contributed by atoms with Crippen LogP contribution in [0, 0.1) is 29.1 Å². The van der Waals surface area contributed by atoms with Crippen LogP contribution in [0.5, 0.6) is 0 Å². The van der Waals surface area contributed by atoms with Gasteiger partial charge in [-0.25, -0.2) is 0 Å². The number of anilines is 3. The zero-order valence-corrected chi connectivity index (χ0v) is 31.9. The van der Waals surface area contributed by atoms with Crippen molar-refractivity contribution in [2.45, 2.75) is 76.0 Å². The van der Waals surface area contributed by atoms with E-state index in [1.54, 1.807) is 11.1 Å². The van der Waals surface area contributed by atoms with E-state index in [-0.39, 0.29) is 16.2 Å². The van der Waals surface area contributed by atoms with Gasteiger partial charge in [0.2, 0.25) is 0 Å². The normalized spacial score (nSPS) is 29.6. The van der Waals surface area contributed by atoms with Crippen molar-refractivity contribution < 1.29 is 0 Å². The fourth-order valence-electron chi connectivity index (χ4n) is 14.8. The highest BCUT2D eigenvalue weighted by molar-refractivity contribution is 5.97. The van der Waals surface area contributed by atoms with E-state index in [1.165, 1.54) is 105 Å². The molecule has 4 saturated carbocycles. The van der Waals surface area contributed by atoms with Gasteiger partial charge in [-0.1, -0.05) is 125 Å². The van der Waals surface area contributed by atoms with Gasteiger partial charge in [-0.05, 0) is 153 Å². The average molecular weight is 698 g/mol. The quantitative estimate of drug-likeness (QED) is 0.178. The lowest BCUT2D eigenvalue weighted by molar-refractivity contribution is -0.0193. The molecule has 0 amide bonds. The van der Waals surface area contributed by atoms with Crippen molar-refractivity contribution in [3.05, 3.63) is 161 Å². The summed E-state index contributed by atoms with van der Waals surface area (Å²) in [4.78, 5) is 2.62. The molecule has 7 aliphatic rings. The first kappa shape index (κ1) is 30.4. The third-order valence-corrected chi connectivity index (χ3v) is 16.8. The Bertz CT molecular complexity index is 2660. The largest absolute Gasteiger partial charge is 0.310 e. The summed E-state index contributed by atoms with van der Waals surface area (Å²) in [6, 6.07) is 49.9. The summed E-state index contributed by atoms with van der Waals surface area (Å²) in [6.07, 6.45) is 7.33. The van der Waals surface area contributed by atoms with Crippen LogP contribution in [0.1, 0.15) is 93.2 Å². The van der Waals surface area contributed by atoms with Gasteiger partial charge < -0.3 is 4.90 Å². The number of fused-ring (bicyclic) bond motifs is 15. The molecule has 6 aromatic carbocycles. The summed E-state index contributed by atoms with van der Waals surface area (Å²) in [6.45, 7) is 9.63. The summed E-state index contributed by atoms with van der Waals surface area (Å²) in [5.41, 5.74) is 21.8. The maximum atomic E-state index is 2.62. The van der Waals surface area contributed by atoms with Gasteiger partial charge in [0.15, 0.2) is 0 Å². The zero-order chi connectivity index (χ0) is 35.9. The molecule has 13 rings (SSSR count). The van der Waals surface area contributed by atoms with Crippen LogP contribution in [0.4, 0.5) is 17.1 Å². The first-order valence-electron chi connectivity index (χ1n) is 20.8. The van der Waals surface area contributed by atoms with Crippen molar-refractivity contribution in [3.8, 4) is 33.4 Å². The predicted octanol–water partition coefficient (Wildman–Crippen LogP) is 13.5. The Hall–Kier alpha value is -4.88. The molecule has 0 aliphatic heterocycles. The fraction of sp³-hybridized carbons (Fsp3) is 0.321. The van der Waals surface area contributed by atoms with Crippen molar-refractivity contribution in [2.24, 2.45) is 29.1 Å². The van der Waals surface area contributed by atoms with Crippen molar-refractivity contribution in [1.82, 2.24) is 0 Å². The Labute approximate surface area is 320 Å². The van der Waals surface area contributed by atoms with Crippen LogP contribution in [-0.4, -0.2) is 0 Å². The molecular weight excluding hydrogens is 651 g/mol. The monoisotopic (exact) mass is 697 g/mol. The Morgan fingerprint density at radius 1 is 0.463 bits per heavy atom. The van der Waals surface area contributed by atoms with Crippen molar-refractivity contribution in [1.29, 1.82) is 0 Å². The highest BCUT2D eigenvalue weighted by atomic mass is 15.1. The second-order valence-electron chi connectivity index (χ2n) is 19.4. The number of hydrogen-bond acceptors (Lipinski definition) is 1. The topological polar surface area (TPSA) is 3.24 Å². The Kier molecular flexibility index (Phi) is 5.45. The fourth-order valence-corrected chi connectivity index (χ4v) is 14.8. The molecule has 6 aromatic rings. The molecule has 0 aromatic heterocycles. The lowest BCUT2D eigenvalue weighted by atomic mass is 9.49. The molecule has 1 nitrogen and oxygen atoms in total. The molecule has 6 atom stereocenters. The van der Waals surface area contributed by atoms with Crippen LogP contribution in [0.3, 0.4) is 0 Å². The summed E-state index contributed by atoms with van der Waals surface area (Å²) in [5.74, 6) is 3.50. The van der Waals surface area contributed by atoms with Gasteiger partial charge in [0.05, 0.1) is 5.69 Å². The molecule has 4 fully saturated rings. The van der Waals surface area contributed by atoms with E-state index >= 15 is 0 Å². The summed E-state index contributed by atoms with van der Waals surface area (Å²) in [5, 5.41) is 0. The molecule has 54 heavy (non-hydrogen) atoms. The number of rotatable bonds is 3. The van der Waals surface area contributed by atoms with E-state index in [0.29, 0.717) is 5.41 Å². The molecule has 0 heterocycles. The standard InChI is InChI=1S/C53H47N/c1-50(2)42-16-9-7-14-39(42)49-45(50)18-11-19-47(49)54(35-20-22-38-36-12-5-8-15-41(36)51(3,4)46(38)28-35)34-21-23-44-40(27-34)37-13-6-10-17-43(37)53(44)33-25-31-24-32-26-48(53)52(32,29-31)30-33/h5-23,27-28,31-33,48H,24-26,29-30H2,1-4H3. The maximum absolute atomic E-state index is 2.62. The Morgan fingerprint density at radius 3 is 1.87 bits per heavy atom. The predicted molar refractivity (Wildman–Crippen MR) is 222 cm³/mol. The van der Waals surface area contributed by atoms with Crippen LogP contribution in [0.2, 0.25) is 0 Å². The van der Waals surface area contributed by atoms with E-state index in [9.17, 15) is 0 Å². The van der Waals surface area contributed by atoms with Crippen molar-refractivity contribution in [2.75, 3.05) is 4.90 Å². The molecular formula is C53H47N. The molecule has 1 heteroatoms. The molecule has 0 radical (unpaired) electrons. The van der Waals surface area contributed by atoms with E-state index in [2.05, 4.69) is 160 Å². The van der Waals surface area contributed by atoms with Crippen molar-refractivity contribution in [3.63, 3.8) is 0 Å². The summed E-state index contributed by atoms with van der Waals surface area (Å²) >= 11 is 0. The van der Waals surface area contributed by atoms with Gasteiger partial charge in [-0.3, -0.25) is 0 Å². The minimum Gasteiger partial charge on any atom is -0.310 e.